The number of aryl methyl sites for hydroxylation is 2. The summed E-state index contributed by atoms with van der Waals surface area (Å²) >= 11 is 3.37. The predicted octanol–water partition coefficient (Wildman–Crippen LogP) is 2.55. The summed E-state index contributed by atoms with van der Waals surface area (Å²) in [6.45, 7) is 1.46. The zero-order valence-corrected chi connectivity index (χ0v) is 13.5. The fraction of sp³-hybridized carbons (Fsp3) is 0.267. The summed E-state index contributed by atoms with van der Waals surface area (Å²) in [7, 11) is 0. The normalized spacial score (nSPS) is 10.5. The van der Waals surface area contributed by atoms with Crippen molar-refractivity contribution in [1.82, 2.24) is 10.3 Å². The molecule has 0 bridgehead atoms. The van der Waals surface area contributed by atoms with Crippen LogP contribution < -0.4 is 5.32 Å². The summed E-state index contributed by atoms with van der Waals surface area (Å²) in [5.74, 6) is -0.282. The third-order valence-corrected chi connectivity index (χ3v) is 3.48. The fourth-order valence-corrected chi connectivity index (χ4v) is 2.18. The van der Waals surface area contributed by atoms with Crippen molar-refractivity contribution in [2.24, 2.45) is 0 Å². The number of carboxylic acid groups (broad SMARTS) is 1. The standard InChI is InChI=1S/C15H15BrN2O4/c1-9-15(10-2-4-11(16)5-3-10)22-13(18-9)7-6-12(19)17-8-14(20)21/h2-5H,6-8H2,1H3,(H,17,19)(H,20,21). The zero-order valence-electron chi connectivity index (χ0n) is 11.9. The molecule has 6 nitrogen and oxygen atoms in total. The van der Waals surface area contributed by atoms with Gasteiger partial charge in [0.15, 0.2) is 11.7 Å². The Morgan fingerprint density at radius 3 is 2.64 bits per heavy atom. The third-order valence-electron chi connectivity index (χ3n) is 2.95. The quantitative estimate of drug-likeness (QED) is 0.819. The van der Waals surface area contributed by atoms with Crippen LogP contribution in [0.4, 0.5) is 0 Å². The van der Waals surface area contributed by atoms with Gasteiger partial charge in [0.05, 0.1) is 5.69 Å². The van der Waals surface area contributed by atoms with E-state index in [0.29, 0.717) is 18.1 Å². The lowest BCUT2D eigenvalue weighted by atomic mass is 10.1. The molecule has 1 heterocycles. The van der Waals surface area contributed by atoms with E-state index in [1.807, 2.05) is 31.2 Å². The number of carbonyl (C=O) groups excluding carboxylic acids is 1. The minimum absolute atomic E-state index is 0.132. The van der Waals surface area contributed by atoms with Gasteiger partial charge in [-0.25, -0.2) is 4.98 Å². The van der Waals surface area contributed by atoms with Crippen molar-refractivity contribution in [3.63, 3.8) is 0 Å². The van der Waals surface area contributed by atoms with E-state index >= 15 is 0 Å². The Balaban J connectivity index is 1.99. The fourth-order valence-electron chi connectivity index (χ4n) is 1.91. The number of aromatic nitrogens is 1. The number of amides is 1. The maximum absolute atomic E-state index is 11.5. The van der Waals surface area contributed by atoms with Gasteiger partial charge in [-0.1, -0.05) is 28.1 Å². The molecule has 0 atom stereocenters. The Bertz CT molecular complexity index is 679. The average molecular weight is 367 g/mol. The predicted molar refractivity (Wildman–Crippen MR) is 83.3 cm³/mol. The molecular weight excluding hydrogens is 352 g/mol. The number of carboxylic acids is 1. The number of benzene rings is 1. The molecule has 2 N–H and O–H groups in total. The molecule has 0 aliphatic rings. The lowest BCUT2D eigenvalue weighted by molar-refractivity contribution is -0.137. The van der Waals surface area contributed by atoms with Crippen molar-refractivity contribution in [3.8, 4) is 11.3 Å². The first-order chi connectivity index (χ1) is 10.5. The van der Waals surface area contributed by atoms with Gasteiger partial charge >= 0.3 is 5.97 Å². The Morgan fingerprint density at radius 2 is 2.00 bits per heavy atom. The molecule has 0 saturated heterocycles. The highest BCUT2D eigenvalue weighted by atomic mass is 79.9. The van der Waals surface area contributed by atoms with Crippen molar-refractivity contribution in [3.05, 3.63) is 40.3 Å². The SMILES string of the molecule is Cc1nc(CCC(=O)NCC(=O)O)oc1-c1ccc(Br)cc1. The van der Waals surface area contributed by atoms with Gasteiger partial charge in [-0.05, 0) is 19.1 Å². The molecule has 2 rings (SSSR count). The van der Waals surface area contributed by atoms with Crippen LogP contribution in [-0.2, 0) is 16.0 Å². The van der Waals surface area contributed by atoms with Crippen LogP contribution >= 0.6 is 15.9 Å². The van der Waals surface area contributed by atoms with Gasteiger partial charge in [-0.2, -0.15) is 0 Å². The van der Waals surface area contributed by atoms with Crippen LogP contribution in [0.25, 0.3) is 11.3 Å². The lowest BCUT2D eigenvalue weighted by Crippen LogP contribution is -2.29. The maximum Gasteiger partial charge on any atom is 0.322 e. The van der Waals surface area contributed by atoms with Crippen LogP contribution in [0.5, 0.6) is 0 Å². The van der Waals surface area contributed by atoms with Gasteiger partial charge in [0.25, 0.3) is 0 Å². The molecule has 0 aliphatic heterocycles. The van der Waals surface area contributed by atoms with E-state index in [0.717, 1.165) is 15.7 Å². The molecule has 1 aromatic carbocycles. The molecule has 1 amide bonds. The van der Waals surface area contributed by atoms with Crippen molar-refractivity contribution in [1.29, 1.82) is 0 Å². The van der Waals surface area contributed by atoms with Gasteiger partial charge in [-0.15, -0.1) is 0 Å². The highest BCUT2D eigenvalue weighted by molar-refractivity contribution is 9.10. The number of aliphatic carboxylic acids is 1. The first-order valence-corrected chi connectivity index (χ1v) is 7.45. The summed E-state index contributed by atoms with van der Waals surface area (Å²) in [6, 6.07) is 7.66. The van der Waals surface area contributed by atoms with Crippen LogP contribution in [0.15, 0.2) is 33.2 Å². The van der Waals surface area contributed by atoms with E-state index in [-0.39, 0.29) is 18.9 Å². The summed E-state index contributed by atoms with van der Waals surface area (Å²) in [4.78, 5) is 26.1. The van der Waals surface area contributed by atoms with Gasteiger partial charge in [-0.3, -0.25) is 9.59 Å². The first-order valence-electron chi connectivity index (χ1n) is 6.66. The number of hydrogen-bond donors (Lipinski definition) is 2. The van der Waals surface area contributed by atoms with Crippen molar-refractivity contribution < 1.29 is 19.1 Å². The molecule has 1 aromatic heterocycles. The summed E-state index contributed by atoms with van der Waals surface area (Å²) in [5.41, 5.74) is 1.66. The smallest absolute Gasteiger partial charge is 0.322 e. The molecule has 2 aromatic rings. The summed E-state index contributed by atoms with van der Waals surface area (Å²) in [5, 5.41) is 10.8. The van der Waals surface area contributed by atoms with Gasteiger partial charge in [0, 0.05) is 22.9 Å². The minimum Gasteiger partial charge on any atom is -0.480 e. The second-order valence-corrected chi connectivity index (χ2v) is 5.62. The lowest BCUT2D eigenvalue weighted by Gasteiger charge is -2.00. The van der Waals surface area contributed by atoms with Gasteiger partial charge in [0.2, 0.25) is 5.91 Å². The van der Waals surface area contributed by atoms with E-state index in [1.165, 1.54) is 0 Å². The Hall–Kier alpha value is -2.15. The van der Waals surface area contributed by atoms with E-state index in [1.54, 1.807) is 0 Å². The number of nitrogens with zero attached hydrogens (tertiary/aromatic N) is 1. The number of carbonyl (C=O) groups is 2. The Morgan fingerprint density at radius 1 is 1.32 bits per heavy atom. The highest BCUT2D eigenvalue weighted by Crippen LogP contribution is 2.26. The average Bonchev–Trinajstić information content (AvgIpc) is 2.85. The number of rotatable bonds is 6. The Labute approximate surface area is 135 Å². The molecule has 0 unspecified atom stereocenters. The maximum atomic E-state index is 11.5. The largest absolute Gasteiger partial charge is 0.480 e. The molecule has 0 fully saturated rings. The van der Waals surface area contributed by atoms with E-state index < -0.39 is 5.97 Å². The second-order valence-electron chi connectivity index (χ2n) is 4.70. The van der Waals surface area contributed by atoms with E-state index in [4.69, 9.17) is 9.52 Å². The zero-order chi connectivity index (χ0) is 16.1. The molecule has 0 radical (unpaired) electrons. The number of hydrogen-bond acceptors (Lipinski definition) is 4. The van der Waals surface area contributed by atoms with Crippen molar-refractivity contribution >= 4 is 27.8 Å². The first kappa shape index (κ1) is 16.2. The molecule has 0 aliphatic carbocycles. The van der Waals surface area contributed by atoms with E-state index in [9.17, 15) is 9.59 Å². The molecule has 22 heavy (non-hydrogen) atoms. The highest BCUT2D eigenvalue weighted by Gasteiger charge is 2.13. The molecule has 0 saturated carbocycles. The van der Waals surface area contributed by atoms with Crippen LogP contribution in [0.1, 0.15) is 18.0 Å². The van der Waals surface area contributed by atoms with Crippen molar-refractivity contribution in [2.45, 2.75) is 19.8 Å². The van der Waals surface area contributed by atoms with Crippen LogP contribution in [0.3, 0.4) is 0 Å². The number of halogens is 1. The number of nitrogens with one attached hydrogen (secondary N) is 1. The topological polar surface area (TPSA) is 92.4 Å². The molecule has 0 spiro atoms. The molecular formula is C15H15BrN2O4. The summed E-state index contributed by atoms with van der Waals surface area (Å²) in [6.07, 6.45) is 0.454. The van der Waals surface area contributed by atoms with E-state index in [2.05, 4.69) is 26.2 Å². The summed E-state index contributed by atoms with van der Waals surface area (Å²) < 4.78 is 6.67. The molecule has 116 valence electrons. The number of oxazole rings is 1. The third kappa shape index (κ3) is 4.42. The van der Waals surface area contributed by atoms with Crippen molar-refractivity contribution in [2.75, 3.05) is 6.54 Å². The van der Waals surface area contributed by atoms with Gasteiger partial charge in [0.1, 0.15) is 6.54 Å². The van der Waals surface area contributed by atoms with Crippen LogP contribution in [0.2, 0.25) is 0 Å². The Kier molecular flexibility index (Phi) is 5.32. The minimum atomic E-state index is -1.07. The van der Waals surface area contributed by atoms with Crippen LogP contribution in [-0.4, -0.2) is 28.5 Å². The van der Waals surface area contributed by atoms with Gasteiger partial charge < -0.3 is 14.8 Å². The monoisotopic (exact) mass is 366 g/mol. The second kappa shape index (κ2) is 7.22. The van der Waals surface area contributed by atoms with Crippen LogP contribution in [0, 0.1) is 6.92 Å². The molecule has 7 heteroatoms.